The molecule has 0 fully saturated rings. The molecule has 0 radical (unpaired) electrons. The lowest BCUT2D eigenvalue weighted by Crippen LogP contribution is -2.38. The van der Waals surface area contributed by atoms with Gasteiger partial charge in [-0.05, 0) is 37.1 Å². The summed E-state index contributed by atoms with van der Waals surface area (Å²) in [6, 6.07) is 9.51. The van der Waals surface area contributed by atoms with E-state index in [0.29, 0.717) is 13.1 Å². The van der Waals surface area contributed by atoms with E-state index >= 15 is 0 Å². The molecular weight excluding hydrogens is 318 g/mol. The van der Waals surface area contributed by atoms with Crippen LogP contribution in [0.3, 0.4) is 0 Å². The van der Waals surface area contributed by atoms with Gasteiger partial charge in [-0.25, -0.2) is 9.48 Å². The van der Waals surface area contributed by atoms with Crippen LogP contribution in [-0.2, 0) is 11.3 Å². The first kappa shape index (κ1) is 18.5. The van der Waals surface area contributed by atoms with E-state index in [9.17, 15) is 9.59 Å². The molecule has 0 aliphatic heterocycles. The number of benzene rings is 1. The van der Waals surface area contributed by atoms with E-state index in [0.717, 1.165) is 17.7 Å². The Balaban J connectivity index is 1.67. The normalized spacial score (nSPS) is 11.6. The van der Waals surface area contributed by atoms with Gasteiger partial charge in [0.15, 0.2) is 0 Å². The predicted octanol–water partition coefficient (Wildman–Crippen LogP) is 1.98. The molecule has 134 valence electrons. The van der Waals surface area contributed by atoms with Gasteiger partial charge in [0.25, 0.3) is 0 Å². The number of hydrogen-bond acceptors (Lipinski definition) is 3. The topological polar surface area (TPSA) is 88.0 Å². The van der Waals surface area contributed by atoms with Gasteiger partial charge in [0, 0.05) is 37.9 Å². The lowest BCUT2D eigenvalue weighted by atomic mass is 10.2. The smallest absolute Gasteiger partial charge is 0.315 e. The van der Waals surface area contributed by atoms with Crippen LogP contribution in [0.25, 0.3) is 5.69 Å². The molecule has 3 amide bonds. The van der Waals surface area contributed by atoms with Crippen molar-refractivity contribution in [2.75, 3.05) is 6.54 Å². The summed E-state index contributed by atoms with van der Waals surface area (Å²) in [6.07, 6.45) is 4.76. The highest BCUT2D eigenvalue weighted by atomic mass is 16.2. The van der Waals surface area contributed by atoms with Gasteiger partial charge < -0.3 is 16.0 Å². The molecule has 0 bridgehead atoms. The lowest BCUT2D eigenvalue weighted by Gasteiger charge is -2.12. The van der Waals surface area contributed by atoms with Gasteiger partial charge in [0.05, 0.1) is 5.69 Å². The zero-order valence-electron chi connectivity index (χ0n) is 14.7. The summed E-state index contributed by atoms with van der Waals surface area (Å²) in [4.78, 5) is 23.4. The number of nitrogens with one attached hydrogen (secondary N) is 3. The van der Waals surface area contributed by atoms with Gasteiger partial charge in [0.1, 0.15) is 0 Å². The molecule has 0 saturated carbocycles. The second kappa shape index (κ2) is 9.46. The number of aromatic nitrogens is 2. The quantitative estimate of drug-likeness (QED) is 0.685. The third-order valence-corrected chi connectivity index (χ3v) is 3.82. The van der Waals surface area contributed by atoms with Crippen LogP contribution < -0.4 is 16.0 Å². The van der Waals surface area contributed by atoms with E-state index in [4.69, 9.17) is 0 Å². The van der Waals surface area contributed by atoms with Gasteiger partial charge in [-0.15, -0.1) is 0 Å². The molecule has 0 saturated heterocycles. The minimum atomic E-state index is -0.285. The monoisotopic (exact) mass is 343 g/mol. The molecule has 7 nitrogen and oxygen atoms in total. The first-order valence-corrected chi connectivity index (χ1v) is 8.48. The van der Waals surface area contributed by atoms with Gasteiger partial charge in [-0.3, -0.25) is 4.79 Å². The van der Waals surface area contributed by atoms with Crippen molar-refractivity contribution in [2.45, 2.75) is 39.3 Å². The van der Waals surface area contributed by atoms with E-state index in [1.807, 2.05) is 50.4 Å². The third kappa shape index (κ3) is 6.29. The molecule has 2 rings (SSSR count). The zero-order valence-corrected chi connectivity index (χ0v) is 14.7. The summed E-state index contributed by atoms with van der Waals surface area (Å²) in [5.74, 6) is -0.0520. The van der Waals surface area contributed by atoms with Crippen molar-refractivity contribution in [1.82, 2.24) is 25.7 Å². The van der Waals surface area contributed by atoms with Crippen molar-refractivity contribution in [2.24, 2.45) is 0 Å². The zero-order chi connectivity index (χ0) is 18.1. The van der Waals surface area contributed by atoms with Crippen LogP contribution in [0.1, 0.15) is 32.3 Å². The van der Waals surface area contributed by atoms with Crippen molar-refractivity contribution in [3.8, 4) is 5.69 Å². The molecule has 1 heterocycles. The Morgan fingerprint density at radius 2 is 1.96 bits per heavy atom. The molecule has 0 aliphatic carbocycles. The molecule has 25 heavy (non-hydrogen) atoms. The highest BCUT2D eigenvalue weighted by molar-refractivity contribution is 5.78. The highest BCUT2D eigenvalue weighted by Crippen LogP contribution is 2.08. The molecule has 1 aromatic heterocycles. The number of hydrogen-bond donors (Lipinski definition) is 3. The van der Waals surface area contributed by atoms with Crippen molar-refractivity contribution < 1.29 is 9.59 Å². The average molecular weight is 343 g/mol. The minimum Gasteiger partial charge on any atom is -0.354 e. The predicted molar refractivity (Wildman–Crippen MR) is 96.3 cm³/mol. The van der Waals surface area contributed by atoms with E-state index < -0.39 is 0 Å². The van der Waals surface area contributed by atoms with Crippen LogP contribution in [0.2, 0.25) is 0 Å². The fourth-order valence-electron chi connectivity index (χ4n) is 2.17. The second-order valence-corrected chi connectivity index (χ2v) is 5.85. The Morgan fingerprint density at radius 3 is 2.60 bits per heavy atom. The van der Waals surface area contributed by atoms with Crippen molar-refractivity contribution in [1.29, 1.82) is 0 Å². The van der Waals surface area contributed by atoms with Crippen LogP contribution >= 0.6 is 0 Å². The number of carbonyl (C=O) groups is 2. The molecule has 0 unspecified atom stereocenters. The standard InChI is InChI=1S/C18H25N5O2/c1-3-14(2)22-17(24)9-11-19-18(25)20-13-15-5-7-16(8-6-15)23-12-4-10-21-23/h4-8,10,12,14H,3,9,11,13H2,1-2H3,(H,22,24)(H2,19,20,25)/t14-/m1/s1. The van der Waals surface area contributed by atoms with Gasteiger partial charge >= 0.3 is 6.03 Å². The number of rotatable bonds is 8. The maximum Gasteiger partial charge on any atom is 0.315 e. The van der Waals surface area contributed by atoms with Crippen LogP contribution in [0.5, 0.6) is 0 Å². The molecule has 1 atom stereocenters. The van der Waals surface area contributed by atoms with E-state index in [2.05, 4.69) is 21.0 Å². The summed E-state index contributed by atoms with van der Waals surface area (Å²) in [7, 11) is 0. The molecule has 2 aromatic rings. The summed E-state index contributed by atoms with van der Waals surface area (Å²) >= 11 is 0. The second-order valence-electron chi connectivity index (χ2n) is 5.85. The Bertz CT molecular complexity index is 667. The number of carbonyl (C=O) groups excluding carboxylic acids is 2. The van der Waals surface area contributed by atoms with E-state index in [1.54, 1.807) is 10.9 Å². The Labute approximate surface area is 147 Å². The summed E-state index contributed by atoms with van der Waals surface area (Å²) < 4.78 is 1.77. The fraction of sp³-hybridized carbons (Fsp3) is 0.389. The number of urea groups is 1. The average Bonchev–Trinajstić information content (AvgIpc) is 3.15. The summed E-state index contributed by atoms with van der Waals surface area (Å²) in [6.45, 7) is 4.70. The largest absolute Gasteiger partial charge is 0.354 e. The van der Waals surface area contributed by atoms with E-state index in [-0.39, 0.29) is 24.4 Å². The van der Waals surface area contributed by atoms with Gasteiger partial charge in [0.2, 0.25) is 5.91 Å². The SMILES string of the molecule is CC[C@@H](C)NC(=O)CCNC(=O)NCc1ccc(-n2cccn2)cc1. The Hall–Kier alpha value is -2.83. The van der Waals surface area contributed by atoms with Crippen LogP contribution in [0.15, 0.2) is 42.7 Å². The van der Waals surface area contributed by atoms with Crippen LogP contribution in [0.4, 0.5) is 4.79 Å². The Kier molecular flexibility index (Phi) is 7.00. The first-order valence-electron chi connectivity index (χ1n) is 8.48. The van der Waals surface area contributed by atoms with E-state index in [1.165, 1.54) is 0 Å². The number of amides is 3. The van der Waals surface area contributed by atoms with Gasteiger partial charge in [-0.1, -0.05) is 19.1 Å². The molecule has 1 aromatic carbocycles. The van der Waals surface area contributed by atoms with Gasteiger partial charge in [-0.2, -0.15) is 5.10 Å². The lowest BCUT2D eigenvalue weighted by molar-refractivity contribution is -0.121. The fourth-order valence-corrected chi connectivity index (χ4v) is 2.17. The summed E-state index contributed by atoms with van der Waals surface area (Å²) in [5, 5.41) is 12.5. The minimum absolute atomic E-state index is 0.0520. The molecular formula is C18H25N5O2. The molecule has 3 N–H and O–H groups in total. The van der Waals surface area contributed by atoms with Crippen molar-refractivity contribution in [3.05, 3.63) is 48.3 Å². The maximum atomic E-state index is 11.8. The van der Waals surface area contributed by atoms with Crippen molar-refractivity contribution >= 4 is 11.9 Å². The Morgan fingerprint density at radius 1 is 1.20 bits per heavy atom. The number of nitrogens with zero attached hydrogens (tertiary/aromatic N) is 2. The summed E-state index contributed by atoms with van der Waals surface area (Å²) in [5.41, 5.74) is 1.95. The van der Waals surface area contributed by atoms with Crippen LogP contribution in [-0.4, -0.2) is 34.3 Å². The molecule has 7 heteroatoms. The molecule has 0 aliphatic rings. The maximum absolute atomic E-state index is 11.8. The first-order chi connectivity index (χ1) is 12.1. The third-order valence-electron chi connectivity index (χ3n) is 3.82. The highest BCUT2D eigenvalue weighted by Gasteiger charge is 2.06. The van der Waals surface area contributed by atoms with Crippen molar-refractivity contribution in [3.63, 3.8) is 0 Å². The van der Waals surface area contributed by atoms with Crippen LogP contribution in [0, 0.1) is 0 Å². The molecule has 0 spiro atoms.